The zero-order chi connectivity index (χ0) is 24.2. The van der Waals surface area contributed by atoms with Crippen LogP contribution in [0.25, 0.3) is 5.31 Å². The second-order valence-electron chi connectivity index (χ2n) is 8.69. The normalized spacial score (nSPS) is 14.6. The summed E-state index contributed by atoms with van der Waals surface area (Å²) < 4.78 is 0. The van der Waals surface area contributed by atoms with Crippen molar-refractivity contribution in [2.75, 3.05) is 5.01 Å². The molecule has 0 spiro atoms. The highest BCUT2D eigenvalue weighted by atomic mass is 31.2. The molecule has 172 valence electrons. The second kappa shape index (κ2) is 9.77. The first-order chi connectivity index (χ1) is 17.9. The fraction of sp³-hybridized carbons (Fsp3) is 0. The lowest BCUT2D eigenvalue weighted by Crippen LogP contribution is -2.34. The highest BCUT2D eigenvalue weighted by Crippen LogP contribution is 2.70. The average molecular weight is 482 g/mol. The van der Waals surface area contributed by atoms with Gasteiger partial charge in [-0.15, -0.1) is 5.10 Å². The smallest absolute Gasteiger partial charge is 0.223 e. The molecule has 1 aliphatic rings. The number of hydrogen-bond acceptors (Lipinski definition) is 2. The van der Waals surface area contributed by atoms with E-state index in [-0.39, 0.29) is 0 Å². The highest BCUT2D eigenvalue weighted by molar-refractivity contribution is 8.10. The predicted molar refractivity (Wildman–Crippen MR) is 155 cm³/mol. The maximum absolute atomic E-state index is 5.43. The Kier molecular flexibility index (Phi) is 6.03. The Labute approximate surface area is 213 Å². The molecule has 0 aliphatic carbocycles. The molecule has 0 bridgehead atoms. The van der Waals surface area contributed by atoms with Gasteiger partial charge in [0.05, 0.1) is 11.9 Å². The number of hydrogen-bond donors (Lipinski definition) is 0. The van der Waals surface area contributed by atoms with Gasteiger partial charge in [-0.25, -0.2) is 5.01 Å². The maximum Gasteiger partial charge on any atom is 0.223 e. The number of anilines is 1. The fourth-order valence-electron chi connectivity index (χ4n) is 4.92. The van der Waals surface area contributed by atoms with E-state index in [0.717, 1.165) is 16.7 Å². The van der Waals surface area contributed by atoms with Crippen molar-refractivity contribution in [2.45, 2.75) is 0 Å². The van der Waals surface area contributed by atoms with Crippen LogP contribution in [0.2, 0.25) is 0 Å². The molecule has 0 N–H and O–H groups in total. The van der Waals surface area contributed by atoms with Gasteiger partial charge in [-0.1, -0.05) is 103 Å². The highest BCUT2D eigenvalue weighted by Gasteiger charge is 2.56. The summed E-state index contributed by atoms with van der Waals surface area (Å²) in [5.41, 5.74) is 4.49. The summed E-state index contributed by atoms with van der Waals surface area (Å²) in [6.07, 6.45) is 2.25. The summed E-state index contributed by atoms with van der Waals surface area (Å²) in [5.74, 6) is 0. The Morgan fingerprint density at radius 1 is 0.444 bits per heavy atom. The van der Waals surface area contributed by atoms with Crippen molar-refractivity contribution in [3.63, 3.8) is 0 Å². The lowest BCUT2D eigenvalue weighted by Gasteiger charge is -2.35. The molecule has 5 aromatic rings. The lowest BCUT2D eigenvalue weighted by atomic mass is 10.2. The SMILES string of the molecule is C1=C(c2ccccc2)[P+](c2ccccc2)(c2ccccc2)C(c2ccccc2)=NN1c1ccccc1. The third-order valence-corrected chi connectivity index (χ3v) is 10.8. The molecule has 3 heteroatoms. The van der Waals surface area contributed by atoms with E-state index in [1.165, 1.54) is 21.5 Å². The topological polar surface area (TPSA) is 15.6 Å². The van der Waals surface area contributed by atoms with E-state index >= 15 is 0 Å². The second-order valence-corrected chi connectivity index (χ2v) is 12.0. The number of para-hydroxylation sites is 1. The molecule has 5 aromatic carbocycles. The standard InChI is InChI=1S/C33H26N2P/c1-6-16-27(17-7-1)32-26-35(29-20-10-3-11-21-29)34-33(28-18-8-2-9-19-28)36(32,30-22-12-4-13-23-30)31-24-14-5-15-25-31/h1-26H/q+1. The lowest BCUT2D eigenvalue weighted by molar-refractivity contribution is 1.08. The van der Waals surface area contributed by atoms with Crippen molar-refractivity contribution in [3.05, 3.63) is 169 Å². The monoisotopic (exact) mass is 481 g/mol. The zero-order valence-electron chi connectivity index (χ0n) is 19.9. The van der Waals surface area contributed by atoms with E-state index < -0.39 is 7.26 Å². The van der Waals surface area contributed by atoms with Gasteiger partial charge >= 0.3 is 0 Å². The first-order valence-corrected chi connectivity index (χ1v) is 13.9. The average Bonchev–Trinajstić information content (AvgIpc) is 2.98. The van der Waals surface area contributed by atoms with Gasteiger partial charge in [0.15, 0.2) is 7.26 Å². The number of rotatable bonds is 5. The molecule has 0 unspecified atom stereocenters. The van der Waals surface area contributed by atoms with Gasteiger partial charge in [-0.05, 0) is 48.5 Å². The summed E-state index contributed by atoms with van der Waals surface area (Å²) in [5, 5.41) is 11.4. The van der Waals surface area contributed by atoms with E-state index in [1.54, 1.807) is 0 Å². The van der Waals surface area contributed by atoms with E-state index in [2.05, 4.69) is 157 Å². The molecule has 0 fully saturated rings. The minimum atomic E-state index is -2.35. The van der Waals surface area contributed by atoms with Crippen LogP contribution >= 0.6 is 7.26 Å². The van der Waals surface area contributed by atoms with Gasteiger partial charge in [0.1, 0.15) is 15.9 Å². The first-order valence-electron chi connectivity index (χ1n) is 12.1. The minimum Gasteiger partial charge on any atom is -0.233 e. The van der Waals surface area contributed by atoms with Crippen molar-refractivity contribution in [2.24, 2.45) is 5.10 Å². The van der Waals surface area contributed by atoms with Crippen molar-refractivity contribution >= 4 is 34.3 Å². The molecule has 1 aliphatic heterocycles. The van der Waals surface area contributed by atoms with Crippen LogP contribution in [-0.4, -0.2) is 5.45 Å². The Balaban J connectivity index is 1.75. The van der Waals surface area contributed by atoms with Gasteiger partial charge < -0.3 is 0 Å². The summed E-state index contributed by atoms with van der Waals surface area (Å²) in [6, 6.07) is 53.7. The minimum absolute atomic E-state index is 1.04. The summed E-state index contributed by atoms with van der Waals surface area (Å²) in [4.78, 5) is 0. The Bertz CT molecular complexity index is 1400. The van der Waals surface area contributed by atoms with Gasteiger partial charge in [0, 0.05) is 11.1 Å². The number of nitrogens with zero attached hydrogens (tertiary/aromatic N) is 2. The molecule has 0 amide bonds. The van der Waals surface area contributed by atoms with Crippen LogP contribution < -0.4 is 15.6 Å². The maximum atomic E-state index is 5.43. The van der Waals surface area contributed by atoms with Crippen molar-refractivity contribution in [3.8, 4) is 0 Å². The molecule has 0 saturated heterocycles. The Morgan fingerprint density at radius 2 is 0.861 bits per heavy atom. The van der Waals surface area contributed by atoms with Gasteiger partial charge in [0.25, 0.3) is 0 Å². The van der Waals surface area contributed by atoms with Crippen molar-refractivity contribution < 1.29 is 0 Å². The Morgan fingerprint density at radius 3 is 1.36 bits per heavy atom. The predicted octanol–water partition coefficient (Wildman–Crippen LogP) is 7.54. The van der Waals surface area contributed by atoms with Crippen LogP contribution in [0, 0.1) is 0 Å². The van der Waals surface area contributed by atoms with Crippen LogP contribution in [0.3, 0.4) is 0 Å². The first kappa shape index (κ1) is 22.2. The van der Waals surface area contributed by atoms with E-state index in [4.69, 9.17) is 5.10 Å². The van der Waals surface area contributed by atoms with E-state index in [1.807, 2.05) is 6.07 Å². The number of hydrazone groups is 1. The summed E-state index contributed by atoms with van der Waals surface area (Å²) >= 11 is 0. The molecule has 0 atom stereocenters. The van der Waals surface area contributed by atoms with Crippen molar-refractivity contribution in [1.29, 1.82) is 0 Å². The summed E-state index contributed by atoms with van der Waals surface area (Å²) in [7, 11) is -2.35. The third kappa shape index (κ3) is 3.86. The third-order valence-electron chi connectivity index (χ3n) is 6.54. The van der Waals surface area contributed by atoms with Gasteiger partial charge in [-0.3, -0.25) is 0 Å². The van der Waals surface area contributed by atoms with E-state index in [9.17, 15) is 0 Å². The van der Waals surface area contributed by atoms with Crippen molar-refractivity contribution in [1.82, 2.24) is 0 Å². The summed E-state index contributed by atoms with van der Waals surface area (Å²) in [6.45, 7) is 0. The van der Waals surface area contributed by atoms with Crippen LogP contribution in [0.15, 0.2) is 163 Å². The van der Waals surface area contributed by atoms with Crippen LogP contribution in [0.5, 0.6) is 0 Å². The molecular formula is C33H26N2P+. The quantitative estimate of drug-likeness (QED) is 0.237. The molecule has 0 saturated carbocycles. The molecule has 0 radical (unpaired) electrons. The molecule has 2 nitrogen and oxygen atoms in total. The Hall–Kier alpha value is -4.26. The van der Waals surface area contributed by atoms with E-state index in [0.29, 0.717) is 0 Å². The molecular weight excluding hydrogens is 455 g/mol. The molecule has 6 rings (SSSR count). The molecule has 0 aromatic heterocycles. The fourth-order valence-corrected chi connectivity index (χ4v) is 9.31. The molecule has 1 heterocycles. The van der Waals surface area contributed by atoms with Crippen LogP contribution in [0.1, 0.15) is 11.1 Å². The van der Waals surface area contributed by atoms with Crippen LogP contribution in [0.4, 0.5) is 5.69 Å². The van der Waals surface area contributed by atoms with Gasteiger partial charge in [0.2, 0.25) is 5.45 Å². The van der Waals surface area contributed by atoms with Crippen LogP contribution in [-0.2, 0) is 0 Å². The van der Waals surface area contributed by atoms with Gasteiger partial charge in [-0.2, -0.15) is 0 Å². The number of benzene rings is 5. The largest absolute Gasteiger partial charge is 0.233 e. The molecule has 36 heavy (non-hydrogen) atoms. The zero-order valence-corrected chi connectivity index (χ0v) is 20.7.